The van der Waals surface area contributed by atoms with Crippen molar-refractivity contribution >= 4 is 5.82 Å². The molecule has 2 rings (SSSR count). The van der Waals surface area contributed by atoms with Gasteiger partial charge >= 0.3 is 0 Å². The lowest BCUT2D eigenvalue weighted by Gasteiger charge is -2.36. The molecule has 17 heavy (non-hydrogen) atoms. The maximum atomic E-state index is 5.59. The van der Waals surface area contributed by atoms with Crippen LogP contribution in [-0.2, 0) is 6.54 Å². The molecule has 1 fully saturated rings. The molecule has 1 unspecified atom stereocenters. The van der Waals surface area contributed by atoms with E-state index in [9.17, 15) is 0 Å². The maximum absolute atomic E-state index is 5.59. The summed E-state index contributed by atoms with van der Waals surface area (Å²) in [6.07, 6.45) is 6.00. The van der Waals surface area contributed by atoms with Crippen LogP contribution in [0.25, 0.3) is 0 Å². The fourth-order valence-corrected chi connectivity index (χ4v) is 2.31. The van der Waals surface area contributed by atoms with Crippen LogP contribution in [0.1, 0.15) is 18.5 Å². The molecule has 0 aliphatic carbocycles. The number of rotatable bonds is 3. The van der Waals surface area contributed by atoms with Gasteiger partial charge in [-0.3, -0.25) is 4.98 Å². The van der Waals surface area contributed by atoms with Gasteiger partial charge in [0.1, 0.15) is 5.82 Å². The molecule has 0 spiro atoms. The fraction of sp³-hybridized carbons (Fsp3) is 0.667. The average molecular weight is 235 g/mol. The van der Waals surface area contributed by atoms with Gasteiger partial charge in [-0.1, -0.05) is 0 Å². The Bertz CT molecular complexity index is 368. The van der Waals surface area contributed by atoms with Crippen LogP contribution in [0.3, 0.4) is 0 Å². The smallest absolute Gasteiger partial charge is 0.147 e. The summed E-state index contributed by atoms with van der Waals surface area (Å²) in [5.74, 6) is 0.924. The molecular weight excluding hydrogens is 214 g/mol. The lowest BCUT2D eigenvalue weighted by molar-refractivity contribution is 0.247. The van der Waals surface area contributed by atoms with E-state index >= 15 is 0 Å². The number of anilines is 1. The molecule has 5 heteroatoms. The zero-order valence-electron chi connectivity index (χ0n) is 10.6. The highest BCUT2D eigenvalue weighted by Gasteiger charge is 2.22. The lowest BCUT2D eigenvalue weighted by atomic mass is 10.1. The standard InChI is InChI=1S/C12H21N5/c1-16-5-3-4-11(9-16)17(2)12-8-14-7-10(6-13)15-12/h7-8,11H,3-6,9,13H2,1-2H3. The minimum atomic E-state index is 0.444. The number of aromatic nitrogens is 2. The Morgan fingerprint density at radius 2 is 2.35 bits per heavy atom. The third kappa shape index (κ3) is 2.92. The number of nitrogens with zero attached hydrogens (tertiary/aromatic N) is 4. The van der Waals surface area contributed by atoms with Crippen molar-refractivity contribution in [1.29, 1.82) is 0 Å². The van der Waals surface area contributed by atoms with Crippen molar-refractivity contribution in [3.05, 3.63) is 18.1 Å². The van der Waals surface area contributed by atoms with E-state index in [4.69, 9.17) is 5.73 Å². The summed E-state index contributed by atoms with van der Waals surface area (Å²) in [5.41, 5.74) is 6.44. The predicted molar refractivity (Wildman–Crippen MR) is 68.8 cm³/mol. The van der Waals surface area contributed by atoms with Gasteiger partial charge in [-0.25, -0.2) is 4.98 Å². The van der Waals surface area contributed by atoms with E-state index in [0.717, 1.165) is 18.1 Å². The number of piperidine rings is 1. The van der Waals surface area contributed by atoms with Gasteiger partial charge < -0.3 is 15.5 Å². The minimum Gasteiger partial charge on any atom is -0.354 e. The van der Waals surface area contributed by atoms with E-state index in [0.29, 0.717) is 12.6 Å². The van der Waals surface area contributed by atoms with Crippen molar-refractivity contribution < 1.29 is 0 Å². The van der Waals surface area contributed by atoms with Crippen LogP contribution in [0.15, 0.2) is 12.4 Å². The van der Waals surface area contributed by atoms with Crippen molar-refractivity contribution in [2.24, 2.45) is 5.73 Å². The van der Waals surface area contributed by atoms with Crippen LogP contribution in [0.2, 0.25) is 0 Å². The lowest BCUT2D eigenvalue weighted by Crippen LogP contribution is -2.45. The molecule has 0 bridgehead atoms. The third-order valence-electron chi connectivity index (χ3n) is 3.39. The summed E-state index contributed by atoms with van der Waals surface area (Å²) >= 11 is 0. The quantitative estimate of drug-likeness (QED) is 0.825. The van der Waals surface area contributed by atoms with E-state index in [-0.39, 0.29) is 0 Å². The van der Waals surface area contributed by atoms with Crippen molar-refractivity contribution in [3.63, 3.8) is 0 Å². The van der Waals surface area contributed by atoms with Gasteiger partial charge in [0.05, 0.1) is 11.9 Å². The topological polar surface area (TPSA) is 58.3 Å². The maximum Gasteiger partial charge on any atom is 0.147 e. The van der Waals surface area contributed by atoms with Crippen molar-refractivity contribution in [1.82, 2.24) is 14.9 Å². The molecule has 1 atom stereocenters. The molecule has 5 nitrogen and oxygen atoms in total. The predicted octanol–water partition coefficient (Wildman–Crippen LogP) is 0.466. The summed E-state index contributed by atoms with van der Waals surface area (Å²) in [5, 5.41) is 0. The molecule has 1 aliphatic heterocycles. The Morgan fingerprint density at radius 1 is 1.53 bits per heavy atom. The number of likely N-dealkylation sites (tertiary alicyclic amines) is 1. The van der Waals surface area contributed by atoms with E-state index in [1.807, 2.05) is 6.20 Å². The molecule has 0 amide bonds. The van der Waals surface area contributed by atoms with Gasteiger partial charge in [-0.05, 0) is 26.4 Å². The second-order valence-corrected chi connectivity index (χ2v) is 4.74. The Labute approximate surface area is 103 Å². The molecule has 0 radical (unpaired) electrons. The first-order chi connectivity index (χ1) is 8.20. The number of hydrogen-bond acceptors (Lipinski definition) is 5. The van der Waals surface area contributed by atoms with Crippen LogP contribution in [-0.4, -0.2) is 48.1 Å². The van der Waals surface area contributed by atoms with Crippen LogP contribution in [0, 0.1) is 0 Å². The zero-order valence-corrected chi connectivity index (χ0v) is 10.6. The van der Waals surface area contributed by atoms with Gasteiger partial charge in [0.2, 0.25) is 0 Å². The Morgan fingerprint density at radius 3 is 3.06 bits per heavy atom. The van der Waals surface area contributed by atoms with Crippen molar-refractivity contribution in [2.75, 3.05) is 32.1 Å². The number of likely N-dealkylation sites (N-methyl/N-ethyl adjacent to an activating group) is 2. The molecule has 1 aromatic heterocycles. The summed E-state index contributed by atoms with van der Waals surface area (Å²) in [6.45, 7) is 2.73. The van der Waals surface area contributed by atoms with Gasteiger partial charge in [-0.15, -0.1) is 0 Å². The monoisotopic (exact) mass is 235 g/mol. The molecule has 94 valence electrons. The normalized spacial score (nSPS) is 21.5. The first-order valence-electron chi connectivity index (χ1n) is 6.13. The number of nitrogens with two attached hydrogens (primary N) is 1. The Kier molecular flexibility index (Phi) is 3.91. The fourth-order valence-electron chi connectivity index (χ4n) is 2.31. The van der Waals surface area contributed by atoms with E-state index in [1.165, 1.54) is 19.4 Å². The molecule has 0 saturated carbocycles. The van der Waals surface area contributed by atoms with Crippen LogP contribution in [0.5, 0.6) is 0 Å². The van der Waals surface area contributed by atoms with Gasteiger partial charge in [0, 0.05) is 32.4 Å². The number of hydrogen-bond donors (Lipinski definition) is 1. The molecule has 2 heterocycles. The SMILES string of the molecule is CN1CCCC(N(C)c2cncc(CN)n2)C1. The zero-order chi connectivity index (χ0) is 12.3. The second kappa shape index (κ2) is 5.42. The second-order valence-electron chi connectivity index (χ2n) is 4.74. The molecule has 1 aromatic rings. The summed E-state index contributed by atoms with van der Waals surface area (Å²) in [6, 6.07) is 0.524. The van der Waals surface area contributed by atoms with Crippen LogP contribution >= 0.6 is 0 Å². The van der Waals surface area contributed by atoms with Crippen LogP contribution < -0.4 is 10.6 Å². The highest BCUT2D eigenvalue weighted by Crippen LogP contribution is 2.18. The Hall–Kier alpha value is -1.20. The van der Waals surface area contributed by atoms with E-state index < -0.39 is 0 Å². The average Bonchev–Trinajstić information content (AvgIpc) is 2.38. The molecule has 1 saturated heterocycles. The van der Waals surface area contributed by atoms with Crippen molar-refractivity contribution in [2.45, 2.75) is 25.4 Å². The molecule has 2 N–H and O–H groups in total. The van der Waals surface area contributed by atoms with E-state index in [2.05, 4.69) is 33.9 Å². The van der Waals surface area contributed by atoms with Crippen molar-refractivity contribution in [3.8, 4) is 0 Å². The largest absolute Gasteiger partial charge is 0.354 e. The summed E-state index contributed by atoms with van der Waals surface area (Å²) < 4.78 is 0. The molecule has 1 aliphatic rings. The summed E-state index contributed by atoms with van der Waals surface area (Å²) in [7, 11) is 4.26. The highest BCUT2D eigenvalue weighted by atomic mass is 15.2. The minimum absolute atomic E-state index is 0.444. The molecule has 0 aromatic carbocycles. The van der Waals surface area contributed by atoms with Gasteiger partial charge in [-0.2, -0.15) is 0 Å². The first-order valence-corrected chi connectivity index (χ1v) is 6.13. The molecular formula is C12H21N5. The van der Waals surface area contributed by atoms with E-state index in [1.54, 1.807) is 6.20 Å². The first kappa shape index (κ1) is 12.3. The van der Waals surface area contributed by atoms with Crippen LogP contribution in [0.4, 0.5) is 5.82 Å². The third-order valence-corrected chi connectivity index (χ3v) is 3.39. The highest BCUT2D eigenvalue weighted by molar-refractivity contribution is 5.37. The summed E-state index contributed by atoms with van der Waals surface area (Å²) in [4.78, 5) is 13.3. The van der Waals surface area contributed by atoms with Gasteiger partial charge in [0.15, 0.2) is 0 Å². The Balaban J connectivity index is 2.09. The van der Waals surface area contributed by atoms with Gasteiger partial charge in [0.25, 0.3) is 0 Å².